The lowest BCUT2D eigenvalue weighted by Gasteiger charge is -2.11. The molecule has 0 saturated heterocycles. The van der Waals surface area contributed by atoms with Gasteiger partial charge in [0.15, 0.2) is 17.3 Å². The van der Waals surface area contributed by atoms with Crippen LogP contribution in [0.4, 0.5) is 5.82 Å². The summed E-state index contributed by atoms with van der Waals surface area (Å²) in [7, 11) is 0. The van der Waals surface area contributed by atoms with E-state index in [4.69, 9.17) is 17.3 Å². The second-order valence-corrected chi connectivity index (χ2v) is 4.97. The van der Waals surface area contributed by atoms with E-state index in [0.29, 0.717) is 16.5 Å². The Morgan fingerprint density at radius 3 is 2.74 bits per heavy atom. The molecule has 2 heterocycles. The van der Waals surface area contributed by atoms with E-state index in [0.717, 1.165) is 11.0 Å². The van der Waals surface area contributed by atoms with Gasteiger partial charge in [0.25, 0.3) is 0 Å². The predicted molar refractivity (Wildman–Crippen MR) is 72.8 cm³/mol. The highest BCUT2D eigenvalue weighted by Gasteiger charge is 2.20. The number of nitrogen functional groups attached to an aromatic ring is 1. The number of rotatable bonds is 2. The molecular formula is C12H12ClN5O. The second-order valence-electron chi connectivity index (χ2n) is 4.53. The summed E-state index contributed by atoms with van der Waals surface area (Å²) in [5, 5.41) is 8.05. The average molecular weight is 278 g/mol. The highest BCUT2D eigenvalue weighted by Crippen LogP contribution is 2.30. The Morgan fingerprint density at radius 1 is 1.32 bits per heavy atom. The summed E-state index contributed by atoms with van der Waals surface area (Å²) in [5.41, 5.74) is 7.95. The maximum absolute atomic E-state index is 6.00. The van der Waals surface area contributed by atoms with Crippen molar-refractivity contribution in [2.24, 2.45) is 0 Å². The van der Waals surface area contributed by atoms with Crippen molar-refractivity contribution in [2.45, 2.75) is 19.9 Å². The van der Waals surface area contributed by atoms with Gasteiger partial charge < -0.3 is 10.3 Å². The van der Waals surface area contributed by atoms with Crippen molar-refractivity contribution >= 4 is 28.5 Å². The summed E-state index contributed by atoms with van der Waals surface area (Å²) in [6.07, 6.45) is 0. The van der Waals surface area contributed by atoms with Crippen LogP contribution in [0, 0.1) is 0 Å². The van der Waals surface area contributed by atoms with E-state index in [1.165, 1.54) is 0 Å². The number of imidazole rings is 1. The Morgan fingerprint density at radius 2 is 2.11 bits per heavy atom. The molecule has 6 nitrogen and oxygen atoms in total. The summed E-state index contributed by atoms with van der Waals surface area (Å²) >= 11 is 6.00. The van der Waals surface area contributed by atoms with Gasteiger partial charge in [-0.1, -0.05) is 11.6 Å². The van der Waals surface area contributed by atoms with Crippen LogP contribution in [0.1, 0.15) is 19.9 Å². The Labute approximate surface area is 114 Å². The molecule has 98 valence electrons. The van der Waals surface area contributed by atoms with Gasteiger partial charge in [-0.05, 0) is 42.4 Å². The third kappa shape index (κ3) is 1.84. The summed E-state index contributed by atoms with van der Waals surface area (Å²) in [4.78, 5) is 4.53. The van der Waals surface area contributed by atoms with Gasteiger partial charge in [0.05, 0.1) is 11.0 Å². The number of hydrogen-bond acceptors (Lipinski definition) is 5. The number of fused-ring (bicyclic) bond motifs is 1. The molecule has 0 atom stereocenters. The Balaban J connectivity index is 2.35. The normalized spacial score (nSPS) is 11.6. The molecule has 0 bridgehead atoms. The maximum Gasteiger partial charge on any atom is 0.199 e. The van der Waals surface area contributed by atoms with Crippen LogP contribution in [0.5, 0.6) is 0 Å². The molecule has 0 fully saturated rings. The molecule has 0 radical (unpaired) electrons. The molecule has 0 unspecified atom stereocenters. The molecular weight excluding hydrogens is 266 g/mol. The fourth-order valence-corrected chi connectivity index (χ4v) is 2.28. The van der Waals surface area contributed by atoms with Crippen LogP contribution < -0.4 is 5.73 Å². The van der Waals surface area contributed by atoms with Crippen molar-refractivity contribution in [3.05, 3.63) is 23.2 Å². The minimum atomic E-state index is 0.192. The van der Waals surface area contributed by atoms with Gasteiger partial charge in [-0.15, -0.1) is 0 Å². The Hall–Kier alpha value is -2.08. The van der Waals surface area contributed by atoms with E-state index in [-0.39, 0.29) is 11.9 Å². The van der Waals surface area contributed by atoms with Crippen molar-refractivity contribution in [3.8, 4) is 11.5 Å². The zero-order valence-electron chi connectivity index (χ0n) is 10.5. The molecule has 0 amide bonds. The summed E-state index contributed by atoms with van der Waals surface area (Å²) in [6.45, 7) is 4.12. The lowest BCUT2D eigenvalue weighted by Crippen LogP contribution is -2.04. The minimum Gasteiger partial charge on any atom is -0.379 e. The van der Waals surface area contributed by atoms with Gasteiger partial charge in [0.2, 0.25) is 0 Å². The highest BCUT2D eigenvalue weighted by atomic mass is 35.5. The molecule has 2 N–H and O–H groups in total. The molecule has 0 aliphatic heterocycles. The van der Waals surface area contributed by atoms with Crippen LogP contribution in [0.15, 0.2) is 22.8 Å². The first-order valence-corrected chi connectivity index (χ1v) is 6.21. The fraction of sp³-hybridized carbons (Fsp3) is 0.250. The van der Waals surface area contributed by atoms with Crippen LogP contribution in [0.2, 0.25) is 5.02 Å². The van der Waals surface area contributed by atoms with Crippen molar-refractivity contribution in [3.63, 3.8) is 0 Å². The fourth-order valence-electron chi connectivity index (χ4n) is 2.11. The van der Waals surface area contributed by atoms with E-state index >= 15 is 0 Å². The first kappa shape index (κ1) is 12.0. The van der Waals surface area contributed by atoms with E-state index in [1.54, 1.807) is 0 Å². The number of anilines is 1. The minimum absolute atomic E-state index is 0.192. The molecule has 7 heteroatoms. The third-order valence-corrected chi connectivity index (χ3v) is 3.13. The molecule has 0 spiro atoms. The van der Waals surface area contributed by atoms with E-state index in [2.05, 4.69) is 33.8 Å². The van der Waals surface area contributed by atoms with Gasteiger partial charge in [-0.3, -0.25) is 0 Å². The molecule has 3 aromatic rings. The second kappa shape index (κ2) is 4.24. The van der Waals surface area contributed by atoms with Crippen molar-refractivity contribution < 1.29 is 4.63 Å². The van der Waals surface area contributed by atoms with Crippen molar-refractivity contribution in [1.29, 1.82) is 0 Å². The van der Waals surface area contributed by atoms with Crippen LogP contribution in [0.25, 0.3) is 22.6 Å². The molecule has 0 aliphatic carbocycles. The van der Waals surface area contributed by atoms with Gasteiger partial charge in [0.1, 0.15) is 0 Å². The Kier molecular flexibility index (Phi) is 2.67. The monoisotopic (exact) mass is 277 g/mol. The molecule has 0 saturated carbocycles. The standard InChI is InChI=1S/C12H12ClN5O/c1-6(2)18-9-4-3-7(13)5-8(9)15-12(18)10-11(14)17-19-16-10/h3-6H,1-2H3,(H2,14,17). The molecule has 1 aromatic carbocycles. The van der Waals surface area contributed by atoms with Crippen molar-refractivity contribution in [1.82, 2.24) is 19.9 Å². The highest BCUT2D eigenvalue weighted by molar-refractivity contribution is 6.31. The summed E-state index contributed by atoms with van der Waals surface area (Å²) < 4.78 is 6.68. The van der Waals surface area contributed by atoms with E-state index < -0.39 is 0 Å². The number of halogens is 1. The molecule has 2 aromatic heterocycles. The zero-order chi connectivity index (χ0) is 13.6. The van der Waals surface area contributed by atoms with E-state index in [1.807, 2.05) is 22.8 Å². The number of nitrogens with zero attached hydrogens (tertiary/aromatic N) is 4. The first-order valence-electron chi connectivity index (χ1n) is 5.84. The summed E-state index contributed by atoms with van der Waals surface area (Å²) in [5.74, 6) is 0.856. The Bertz CT molecular complexity index is 746. The predicted octanol–water partition coefficient (Wildman–Crippen LogP) is 2.90. The van der Waals surface area contributed by atoms with Crippen LogP contribution in [0.3, 0.4) is 0 Å². The first-order chi connectivity index (χ1) is 9.08. The van der Waals surface area contributed by atoms with Crippen LogP contribution >= 0.6 is 11.6 Å². The van der Waals surface area contributed by atoms with E-state index in [9.17, 15) is 0 Å². The number of aromatic nitrogens is 4. The van der Waals surface area contributed by atoms with Gasteiger partial charge in [-0.2, -0.15) is 0 Å². The number of nitrogens with two attached hydrogens (primary N) is 1. The lowest BCUT2D eigenvalue weighted by molar-refractivity contribution is 0.310. The average Bonchev–Trinajstić information content (AvgIpc) is 2.91. The smallest absolute Gasteiger partial charge is 0.199 e. The lowest BCUT2D eigenvalue weighted by atomic mass is 10.3. The third-order valence-electron chi connectivity index (χ3n) is 2.89. The van der Waals surface area contributed by atoms with Gasteiger partial charge in [-0.25, -0.2) is 9.61 Å². The SMILES string of the molecule is CC(C)n1c(-c2nonc2N)nc2cc(Cl)ccc21. The number of benzene rings is 1. The van der Waals surface area contributed by atoms with Gasteiger partial charge >= 0.3 is 0 Å². The quantitative estimate of drug-likeness (QED) is 0.779. The number of hydrogen-bond donors (Lipinski definition) is 1. The topological polar surface area (TPSA) is 82.8 Å². The van der Waals surface area contributed by atoms with Crippen molar-refractivity contribution in [2.75, 3.05) is 5.73 Å². The van der Waals surface area contributed by atoms with Crippen LogP contribution in [-0.2, 0) is 0 Å². The van der Waals surface area contributed by atoms with Gasteiger partial charge in [0, 0.05) is 11.1 Å². The molecule has 0 aliphatic rings. The maximum atomic E-state index is 6.00. The zero-order valence-corrected chi connectivity index (χ0v) is 11.2. The summed E-state index contributed by atoms with van der Waals surface area (Å²) in [6, 6.07) is 5.76. The molecule has 19 heavy (non-hydrogen) atoms. The van der Waals surface area contributed by atoms with Crippen LogP contribution in [-0.4, -0.2) is 19.9 Å². The largest absolute Gasteiger partial charge is 0.379 e. The molecule has 3 rings (SSSR count).